The van der Waals surface area contributed by atoms with E-state index in [1.54, 1.807) is 0 Å². The van der Waals surface area contributed by atoms with Crippen molar-refractivity contribution in [3.63, 3.8) is 0 Å². The van der Waals surface area contributed by atoms with E-state index in [9.17, 15) is 0 Å². The molecular weight excluding hydrogens is 338 g/mol. The molecule has 0 spiro atoms. The molecule has 0 saturated carbocycles. The fourth-order valence-electron chi connectivity index (χ4n) is 2.69. The highest BCUT2D eigenvalue weighted by Gasteiger charge is 2.32. The first-order chi connectivity index (χ1) is 12.7. The molecule has 1 atom stereocenters. The Morgan fingerprint density at radius 1 is 1.15 bits per heavy atom. The minimum Gasteiger partial charge on any atom is -0.467 e. The van der Waals surface area contributed by atoms with Crippen LogP contribution in [0, 0.1) is 5.92 Å². The first-order valence-corrected chi connectivity index (χ1v) is 10.7. The minimum absolute atomic E-state index is 0.170. The lowest BCUT2D eigenvalue weighted by molar-refractivity contribution is -0.232. The lowest BCUT2D eigenvalue weighted by Crippen LogP contribution is -2.38. The number of fused-ring (bicyclic) bond motifs is 1. The standard InChI is InChI=1S/C13H20O3.C6H15N.2C2H6/c1-13(2)15-9-11-7-6-10(8-14)4-3-5-12(11)16-13;1-5-7-6(2,3)4;2*1-2/h4-5,11,14H,3,6-9H2,1-2H3;7H,5H2,1-4H3;2*1-2H3/b10-4+,12-5?;;;. The molecule has 1 saturated heterocycles. The number of aliphatic hydroxyl groups is 1. The molecule has 4 nitrogen and oxygen atoms in total. The van der Waals surface area contributed by atoms with Crippen LogP contribution in [-0.2, 0) is 9.47 Å². The van der Waals surface area contributed by atoms with Crippen molar-refractivity contribution >= 4 is 0 Å². The van der Waals surface area contributed by atoms with Gasteiger partial charge < -0.3 is 19.9 Å². The fourth-order valence-corrected chi connectivity index (χ4v) is 2.69. The van der Waals surface area contributed by atoms with Crippen molar-refractivity contribution in [2.45, 2.75) is 99.8 Å². The molecule has 4 heteroatoms. The molecule has 0 aromatic carbocycles. The van der Waals surface area contributed by atoms with E-state index in [1.165, 1.54) is 0 Å². The van der Waals surface area contributed by atoms with Gasteiger partial charge in [0.05, 0.1) is 13.2 Å². The summed E-state index contributed by atoms with van der Waals surface area (Å²) in [5, 5.41) is 12.4. The van der Waals surface area contributed by atoms with Crippen molar-refractivity contribution in [1.82, 2.24) is 5.32 Å². The molecule has 1 unspecified atom stereocenters. The summed E-state index contributed by atoms with van der Waals surface area (Å²) < 4.78 is 11.5. The van der Waals surface area contributed by atoms with Crippen molar-refractivity contribution in [3.8, 4) is 0 Å². The predicted octanol–water partition coefficient (Wildman–Crippen LogP) is 5.82. The van der Waals surface area contributed by atoms with Crippen molar-refractivity contribution in [2.24, 2.45) is 5.92 Å². The van der Waals surface area contributed by atoms with Crippen LogP contribution in [0.4, 0.5) is 0 Å². The molecule has 1 fully saturated rings. The molecule has 2 N–H and O–H groups in total. The summed E-state index contributed by atoms with van der Waals surface area (Å²) in [5.41, 5.74) is 1.43. The Morgan fingerprint density at radius 3 is 2.19 bits per heavy atom. The molecule has 162 valence electrons. The van der Waals surface area contributed by atoms with Crippen LogP contribution in [0.2, 0.25) is 0 Å². The van der Waals surface area contributed by atoms with Gasteiger partial charge in [0.15, 0.2) is 0 Å². The molecule has 0 aromatic heterocycles. The summed E-state index contributed by atoms with van der Waals surface area (Å²) in [6, 6.07) is 0. The third-order valence-corrected chi connectivity index (χ3v) is 3.85. The van der Waals surface area contributed by atoms with E-state index in [0.29, 0.717) is 11.5 Å². The van der Waals surface area contributed by atoms with Crippen LogP contribution in [0.5, 0.6) is 0 Å². The maximum Gasteiger partial charge on any atom is 0.204 e. The Kier molecular flexibility index (Phi) is 15.9. The zero-order chi connectivity index (χ0) is 21.5. The summed E-state index contributed by atoms with van der Waals surface area (Å²) in [7, 11) is 0. The monoisotopic (exact) mass is 385 g/mol. The number of nitrogens with one attached hydrogen (secondary N) is 1. The topological polar surface area (TPSA) is 50.7 Å². The number of allylic oxidation sites excluding steroid dienone is 2. The van der Waals surface area contributed by atoms with Gasteiger partial charge in [-0.25, -0.2) is 0 Å². The Labute approximate surface area is 169 Å². The summed E-state index contributed by atoms with van der Waals surface area (Å²) in [5.74, 6) is 0.915. The zero-order valence-electron chi connectivity index (χ0n) is 19.7. The third-order valence-electron chi connectivity index (χ3n) is 3.85. The molecule has 0 bridgehead atoms. The first-order valence-electron chi connectivity index (χ1n) is 10.7. The minimum atomic E-state index is -0.495. The van der Waals surface area contributed by atoms with Crippen LogP contribution in [0.3, 0.4) is 0 Å². The summed E-state index contributed by atoms with van der Waals surface area (Å²) in [4.78, 5) is 0. The quantitative estimate of drug-likeness (QED) is 0.588. The van der Waals surface area contributed by atoms with Crippen LogP contribution in [0.15, 0.2) is 23.5 Å². The average molecular weight is 386 g/mol. The molecule has 27 heavy (non-hydrogen) atoms. The van der Waals surface area contributed by atoms with E-state index in [2.05, 4.69) is 45.2 Å². The van der Waals surface area contributed by atoms with Crippen molar-refractivity contribution in [1.29, 1.82) is 0 Å². The van der Waals surface area contributed by atoms with Gasteiger partial charge in [0.2, 0.25) is 5.79 Å². The van der Waals surface area contributed by atoms with E-state index >= 15 is 0 Å². The second-order valence-electron chi connectivity index (χ2n) is 7.69. The highest BCUT2D eigenvalue weighted by atomic mass is 16.7. The molecule has 1 heterocycles. The number of ether oxygens (including phenoxy) is 2. The first kappa shape index (κ1) is 28.4. The van der Waals surface area contributed by atoms with Gasteiger partial charge in [0, 0.05) is 25.3 Å². The van der Waals surface area contributed by atoms with Gasteiger partial charge in [0.25, 0.3) is 0 Å². The van der Waals surface area contributed by atoms with E-state index in [4.69, 9.17) is 14.6 Å². The number of hydrogen-bond acceptors (Lipinski definition) is 4. The van der Waals surface area contributed by atoms with E-state index < -0.39 is 5.79 Å². The third kappa shape index (κ3) is 13.9. The van der Waals surface area contributed by atoms with Gasteiger partial charge in [-0.3, -0.25) is 0 Å². The highest BCUT2D eigenvalue weighted by Crippen LogP contribution is 2.33. The predicted molar refractivity (Wildman–Crippen MR) is 118 cm³/mol. The summed E-state index contributed by atoms with van der Waals surface area (Å²) >= 11 is 0. The van der Waals surface area contributed by atoms with Crippen molar-refractivity contribution < 1.29 is 14.6 Å². The maximum absolute atomic E-state index is 9.14. The Morgan fingerprint density at radius 2 is 1.74 bits per heavy atom. The molecule has 2 rings (SSSR count). The molecule has 2 aliphatic rings. The van der Waals surface area contributed by atoms with Crippen molar-refractivity contribution in [2.75, 3.05) is 19.8 Å². The van der Waals surface area contributed by atoms with Gasteiger partial charge in [-0.1, -0.05) is 40.7 Å². The normalized spacial score (nSPS) is 22.7. The largest absolute Gasteiger partial charge is 0.467 e. The number of aliphatic hydroxyl groups excluding tert-OH is 1. The van der Waals surface area contributed by atoms with Crippen LogP contribution >= 0.6 is 0 Å². The van der Waals surface area contributed by atoms with Gasteiger partial charge in [-0.15, -0.1) is 0 Å². The Bertz CT molecular complexity index is 420. The second-order valence-corrected chi connectivity index (χ2v) is 7.69. The van der Waals surface area contributed by atoms with Crippen LogP contribution in [0.1, 0.15) is 88.5 Å². The average Bonchev–Trinajstić information content (AvgIpc) is 2.59. The number of hydrogen-bond donors (Lipinski definition) is 2. The van der Waals surface area contributed by atoms with Crippen LogP contribution < -0.4 is 5.32 Å². The van der Waals surface area contributed by atoms with Gasteiger partial charge in [-0.05, 0) is 58.2 Å². The molecule has 1 aliphatic heterocycles. The van der Waals surface area contributed by atoms with E-state index in [1.807, 2.05) is 41.5 Å². The smallest absolute Gasteiger partial charge is 0.204 e. The van der Waals surface area contributed by atoms with Crippen molar-refractivity contribution in [3.05, 3.63) is 23.5 Å². The fraction of sp³-hybridized carbons (Fsp3) is 0.826. The van der Waals surface area contributed by atoms with Crippen LogP contribution in [0.25, 0.3) is 0 Å². The second kappa shape index (κ2) is 15.1. The lowest BCUT2D eigenvalue weighted by Gasteiger charge is -2.38. The molecule has 1 aliphatic carbocycles. The van der Waals surface area contributed by atoms with Gasteiger partial charge in [0.1, 0.15) is 5.76 Å². The highest BCUT2D eigenvalue weighted by molar-refractivity contribution is 5.13. The summed E-state index contributed by atoms with van der Waals surface area (Å²) in [6.07, 6.45) is 6.98. The Hall–Kier alpha value is -0.840. The van der Waals surface area contributed by atoms with E-state index in [-0.39, 0.29) is 6.61 Å². The van der Waals surface area contributed by atoms with E-state index in [0.717, 1.165) is 43.7 Å². The Balaban J connectivity index is 0. The molecular formula is C23H47NO3. The van der Waals surface area contributed by atoms with Crippen LogP contribution in [-0.4, -0.2) is 36.2 Å². The SMILES string of the molecule is CC.CC.CC1(C)OCC2CC/C(CO)=C\CC=C2O1.CCNC(C)(C)C. The maximum atomic E-state index is 9.14. The molecule has 0 aromatic rings. The molecule has 0 radical (unpaired) electrons. The zero-order valence-corrected chi connectivity index (χ0v) is 19.7. The summed E-state index contributed by atoms with van der Waals surface area (Å²) in [6.45, 7) is 22.4. The van der Waals surface area contributed by atoms with Gasteiger partial charge >= 0.3 is 0 Å². The molecule has 0 amide bonds. The van der Waals surface area contributed by atoms with Gasteiger partial charge in [-0.2, -0.15) is 0 Å². The lowest BCUT2D eigenvalue weighted by atomic mass is 9.94. The number of rotatable bonds is 2.